The minimum Gasteiger partial charge on any atom is -0.373 e. The van der Waals surface area contributed by atoms with Crippen molar-refractivity contribution in [1.29, 1.82) is 0 Å². The summed E-state index contributed by atoms with van der Waals surface area (Å²) in [5.74, 6) is 0. The van der Waals surface area contributed by atoms with Gasteiger partial charge in [-0.15, -0.1) is 0 Å². The fourth-order valence-corrected chi connectivity index (χ4v) is 3.44. The first-order valence-corrected chi connectivity index (χ1v) is 6.34. The molecule has 0 saturated heterocycles. The number of fused-ring (bicyclic) bond motifs is 1. The molecular weight excluding hydrogens is 228 g/mol. The van der Waals surface area contributed by atoms with Gasteiger partial charge in [0.15, 0.2) is 0 Å². The second-order valence-corrected chi connectivity index (χ2v) is 5.50. The number of anilines is 1. The van der Waals surface area contributed by atoms with E-state index in [1.165, 1.54) is 6.92 Å². The third-order valence-electron chi connectivity index (χ3n) is 2.58. The second kappa shape index (κ2) is 3.57. The number of hydrogen-bond acceptors (Lipinski definition) is 5. The summed E-state index contributed by atoms with van der Waals surface area (Å²) in [6.07, 6.45) is 0. The van der Waals surface area contributed by atoms with Gasteiger partial charge in [0, 0.05) is 6.54 Å². The molecule has 1 aromatic rings. The van der Waals surface area contributed by atoms with Crippen molar-refractivity contribution < 1.29 is 13.2 Å². The lowest BCUT2D eigenvalue weighted by Gasteiger charge is -2.24. The largest absolute Gasteiger partial charge is 0.373 e. The molecule has 0 aliphatic carbocycles. The van der Waals surface area contributed by atoms with Gasteiger partial charge in [0.1, 0.15) is 4.90 Å². The molecule has 1 unspecified atom stereocenters. The van der Waals surface area contributed by atoms with Gasteiger partial charge in [-0.3, -0.25) is 4.79 Å². The van der Waals surface area contributed by atoms with Gasteiger partial charge in [-0.2, -0.15) is 0 Å². The van der Waals surface area contributed by atoms with E-state index in [9.17, 15) is 13.2 Å². The van der Waals surface area contributed by atoms with Crippen molar-refractivity contribution in [2.24, 2.45) is 5.73 Å². The van der Waals surface area contributed by atoms with Crippen LogP contribution in [0.5, 0.6) is 0 Å². The molecule has 0 radical (unpaired) electrons. The molecule has 0 amide bonds. The molecule has 16 heavy (non-hydrogen) atoms. The van der Waals surface area contributed by atoms with Gasteiger partial charge >= 0.3 is 0 Å². The van der Waals surface area contributed by atoms with Crippen LogP contribution in [0.15, 0.2) is 23.1 Å². The summed E-state index contributed by atoms with van der Waals surface area (Å²) >= 11 is 0. The Labute approximate surface area is 93.6 Å². The van der Waals surface area contributed by atoms with Gasteiger partial charge < -0.3 is 11.1 Å². The number of sulfone groups is 1. The van der Waals surface area contributed by atoms with E-state index in [4.69, 9.17) is 5.73 Å². The van der Waals surface area contributed by atoms with Crippen molar-refractivity contribution in [3.8, 4) is 0 Å². The Morgan fingerprint density at radius 3 is 2.75 bits per heavy atom. The average molecular weight is 240 g/mol. The normalized spacial score (nSPS) is 22.4. The lowest BCUT2D eigenvalue weighted by molar-refractivity contribution is -0.112. The number of hydrogen-bond donors (Lipinski definition) is 2. The van der Waals surface area contributed by atoms with E-state index in [0.29, 0.717) is 11.3 Å². The van der Waals surface area contributed by atoms with Crippen LogP contribution in [0.1, 0.15) is 12.5 Å². The van der Waals surface area contributed by atoms with E-state index >= 15 is 0 Å². The van der Waals surface area contributed by atoms with E-state index in [-0.39, 0.29) is 11.4 Å². The summed E-state index contributed by atoms with van der Waals surface area (Å²) < 4.78 is 23.9. The zero-order chi connectivity index (χ0) is 11.9. The highest BCUT2D eigenvalue weighted by molar-refractivity contribution is 8.06. The van der Waals surface area contributed by atoms with E-state index < -0.39 is 21.0 Å². The molecule has 0 bridgehead atoms. The average Bonchev–Trinajstić information content (AvgIpc) is 2.25. The van der Waals surface area contributed by atoms with E-state index in [1.807, 2.05) is 0 Å². The number of nitrogens with one attached hydrogen (secondary N) is 1. The molecule has 0 aromatic heterocycles. The number of benzene rings is 1. The third kappa shape index (κ3) is 1.42. The molecule has 1 aromatic carbocycles. The number of rotatable bonds is 1. The number of carbonyl (C=O) groups is 1. The second-order valence-electron chi connectivity index (χ2n) is 3.69. The summed E-state index contributed by atoms with van der Waals surface area (Å²) in [5.41, 5.74) is 6.39. The van der Waals surface area contributed by atoms with Gasteiger partial charge in [0.05, 0.1) is 11.7 Å². The van der Waals surface area contributed by atoms with E-state index in [1.54, 1.807) is 18.2 Å². The van der Waals surface area contributed by atoms with Crippen LogP contribution in [0, 0.1) is 0 Å². The first kappa shape index (κ1) is 11.1. The SMILES string of the molecule is CC1Nc2cccc(CN)c2S(=O)(=O)C1=O. The van der Waals surface area contributed by atoms with Crippen LogP contribution in [0.4, 0.5) is 5.69 Å². The van der Waals surface area contributed by atoms with Crippen molar-refractivity contribution in [2.45, 2.75) is 24.4 Å². The molecule has 1 aliphatic heterocycles. The minimum absolute atomic E-state index is 0.0283. The van der Waals surface area contributed by atoms with Gasteiger partial charge in [0.25, 0.3) is 5.12 Å². The Hall–Kier alpha value is -1.40. The van der Waals surface area contributed by atoms with Crippen LogP contribution in [0.3, 0.4) is 0 Å². The topological polar surface area (TPSA) is 89.3 Å². The van der Waals surface area contributed by atoms with Gasteiger partial charge in [-0.05, 0) is 18.6 Å². The molecule has 6 heteroatoms. The molecule has 2 rings (SSSR count). The molecule has 0 saturated carbocycles. The molecule has 1 heterocycles. The molecule has 3 N–H and O–H groups in total. The predicted molar refractivity (Wildman–Crippen MR) is 59.6 cm³/mol. The maximum atomic E-state index is 11.9. The summed E-state index contributed by atoms with van der Waals surface area (Å²) in [5, 5.41) is 2.05. The highest BCUT2D eigenvalue weighted by atomic mass is 32.2. The summed E-state index contributed by atoms with van der Waals surface area (Å²) in [7, 11) is -3.89. The Bertz CT molecular complexity index is 551. The summed E-state index contributed by atoms with van der Waals surface area (Å²) in [4.78, 5) is 11.6. The quantitative estimate of drug-likeness (QED) is 0.735. The van der Waals surface area contributed by atoms with E-state index in [0.717, 1.165) is 0 Å². The van der Waals surface area contributed by atoms with Crippen LogP contribution in [0.25, 0.3) is 0 Å². The molecular formula is C10H12N2O3S. The number of carbonyl (C=O) groups excluding carboxylic acids is 1. The minimum atomic E-state index is -3.89. The predicted octanol–water partition coefficient (Wildman–Crippen LogP) is 0.260. The Balaban J connectivity index is 2.77. The fraction of sp³-hybridized carbons (Fsp3) is 0.300. The smallest absolute Gasteiger partial charge is 0.272 e. The molecule has 86 valence electrons. The molecule has 0 fully saturated rings. The molecule has 0 spiro atoms. The molecule has 1 aliphatic rings. The van der Waals surface area contributed by atoms with Crippen molar-refractivity contribution in [3.63, 3.8) is 0 Å². The lowest BCUT2D eigenvalue weighted by atomic mass is 10.2. The highest BCUT2D eigenvalue weighted by Gasteiger charge is 2.38. The zero-order valence-corrected chi connectivity index (χ0v) is 9.54. The maximum absolute atomic E-state index is 11.9. The van der Waals surface area contributed by atoms with Crippen LogP contribution in [-0.2, 0) is 21.2 Å². The van der Waals surface area contributed by atoms with Crippen molar-refractivity contribution in [2.75, 3.05) is 5.32 Å². The van der Waals surface area contributed by atoms with Crippen LogP contribution in [-0.4, -0.2) is 19.6 Å². The van der Waals surface area contributed by atoms with Crippen LogP contribution in [0.2, 0.25) is 0 Å². The first-order valence-electron chi connectivity index (χ1n) is 4.86. The summed E-state index contributed by atoms with van der Waals surface area (Å²) in [6, 6.07) is 4.24. The Kier molecular flexibility index (Phi) is 2.47. The zero-order valence-electron chi connectivity index (χ0n) is 8.73. The third-order valence-corrected chi connectivity index (χ3v) is 4.48. The molecule has 1 atom stereocenters. The van der Waals surface area contributed by atoms with Gasteiger partial charge in [0.2, 0.25) is 9.84 Å². The summed E-state index contributed by atoms with van der Waals surface area (Å²) in [6.45, 7) is 1.61. The molecule has 5 nitrogen and oxygen atoms in total. The van der Waals surface area contributed by atoms with Gasteiger partial charge in [-0.25, -0.2) is 8.42 Å². The van der Waals surface area contributed by atoms with Crippen molar-refractivity contribution in [1.82, 2.24) is 0 Å². The van der Waals surface area contributed by atoms with Crippen LogP contribution >= 0.6 is 0 Å². The Morgan fingerprint density at radius 2 is 2.12 bits per heavy atom. The van der Waals surface area contributed by atoms with Gasteiger partial charge in [-0.1, -0.05) is 12.1 Å². The standard InChI is InChI=1S/C10H12N2O3S/c1-6-10(13)16(14,15)9-7(5-11)3-2-4-8(9)12-6/h2-4,6,12H,5,11H2,1H3. The Morgan fingerprint density at radius 1 is 1.44 bits per heavy atom. The highest BCUT2D eigenvalue weighted by Crippen LogP contribution is 2.32. The first-order chi connectivity index (χ1) is 7.48. The fourth-order valence-electron chi connectivity index (χ4n) is 1.80. The van der Waals surface area contributed by atoms with Crippen molar-refractivity contribution in [3.05, 3.63) is 23.8 Å². The van der Waals surface area contributed by atoms with Crippen LogP contribution < -0.4 is 11.1 Å². The lowest BCUT2D eigenvalue weighted by Crippen LogP contribution is -2.38. The van der Waals surface area contributed by atoms with Crippen molar-refractivity contribution >= 4 is 20.6 Å². The maximum Gasteiger partial charge on any atom is 0.272 e. The number of nitrogens with two attached hydrogens (primary N) is 1. The monoisotopic (exact) mass is 240 g/mol. The van der Waals surface area contributed by atoms with E-state index in [2.05, 4.69) is 5.32 Å².